The molecule has 0 saturated carbocycles. The molecule has 17 heavy (non-hydrogen) atoms. The molecule has 0 fully saturated rings. The van der Waals surface area contributed by atoms with E-state index < -0.39 is 0 Å². The van der Waals surface area contributed by atoms with Gasteiger partial charge < -0.3 is 10.2 Å². The van der Waals surface area contributed by atoms with Crippen LogP contribution in [0, 0.1) is 13.8 Å². The van der Waals surface area contributed by atoms with Crippen molar-refractivity contribution in [2.45, 2.75) is 40.7 Å². The van der Waals surface area contributed by atoms with Gasteiger partial charge >= 0.3 is 0 Å². The van der Waals surface area contributed by atoms with Gasteiger partial charge in [0.2, 0.25) is 5.95 Å². The highest BCUT2D eigenvalue weighted by Crippen LogP contribution is 2.04. The normalized spacial score (nSPS) is 12.8. The highest BCUT2D eigenvalue weighted by atomic mass is 15.3. The molecule has 1 rings (SSSR count). The van der Waals surface area contributed by atoms with E-state index in [9.17, 15) is 0 Å². The largest absolute Gasteiger partial charge is 0.349 e. The summed E-state index contributed by atoms with van der Waals surface area (Å²) in [6.45, 7) is 13.5. The molecule has 0 saturated heterocycles. The Morgan fingerprint density at radius 1 is 1.12 bits per heavy atom. The van der Waals surface area contributed by atoms with Crippen molar-refractivity contribution in [2.24, 2.45) is 0 Å². The van der Waals surface area contributed by atoms with Gasteiger partial charge in [0.1, 0.15) is 0 Å². The predicted octanol–water partition coefficient (Wildman–Crippen LogP) is 1.63. The molecule has 0 aromatic carbocycles. The molecular weight excluding hydrogens is 214 g/mol. The van der Waals surface area contributed by atoms with E-state index in [4.69, 9.17) is 0 Å². The SMILES string of the molecule is CCN(CC)CC(C)Nc1nnc(C)c(C)n1. The fourth-order valence-electron chi connectivity index (χ4n) is 1.65. The monoisotopic (exact) mass is 237 g/mol. The first-order valence-corrected chi connectivity index (χ1v) is 6.23. The first kappa shape index (κ1) is 13.8. The highest BCUT2D eigenvalue weighted by Gasteiger charge is 2.09. The van der Waals surface area contributed by atoms with E-state index >= 15 is 0 Å². The van der Waals surface area contributed by atoms with E-state index in [1.807, 2.05) is 13.8 Å². The first-order valence-electron chi connectivity index (χ1n) is 6.23. The molecule has 1 aromatic rings. The Kier molecular flexibility index (Phi) is 5.28. The zero-order valence-corrected chi connectivity index (χ0v) is 11.5. The number of aryl methyl sites for hydroxylation is 2. The van der Waals surface area contributed by atoms with Crippen molar-refractivity contribution >= 4 is 5.95 Å². The smallest absolute Gasteiger partial charge is 0.243 e. The average Bonchev–Trinajstić information content (AvgIpc) is 2.31. The van der Waals surface area contributed by atoms with Gasteiger partial charge in [-0.1, -0.05) is 13.8 Å². The maximum Gasteiger partial charge on any atom is 0.243 e. The lowest BCUT2D eigenvalue weighted by molar-refractivity contribution is 0.294. The summed E-state index contributed by atoms with van der Waals surface area (Å²) in [5, 5.41) is 11.4. The van der Waals surface area contributed by atoms with Crippen LogP contribution in [0.15, 0.2) is 0 Å². The van der Waals surface area contributed by atoms with E-state index in [0.717, 1.165) is 31.0 Å². The minimum atomic E-state index is 0.318. The minimum Gasteiger partial charge on any atom is -0.349 e. The second-order valence-corrected chi connectivity index (χ2v) is 4.34. The zero-order chi connectivity index (χ0) is 12.8. The molecule has 0 radical (unpaired) electrons. The Balaban J connectivity index is 2.55. The Bertz CT molecular complexity index is 349. The Hall–Kier alpha value is -1.23. The lowest BCUT2D eigenvalue weighted by Crippen LogP contribution is -2.35. The second-order valence-electron chi connectivity index (χ2n) is 4.34. The molecule has 1 N–H and O–H groups in total. The van der Waals surface area contributed by atoms with Crippen LogP contribution in [0.4, 0.5) is 5.95 Å². The number of nitrogens with zero attached hydrogens (tertiary/aromatic N) is 4. The second kappa shape index (κ2) is 6.49. The molecule has 5 heteroatoms. The molecule has 0 aliphatic rings. The van der Waals surface area contributed by atoms with E-state index in [1.165, 1.54) is 0 Å². The fourth-order valence-corrected chi connectivity index (χ4v) is 1.65. The van der Waals surface area contributed by atoms with Crippen LogP contribution >= 0.6 is 0 Å². The molecule has 0 amide bonds. The van der Waals surface area contributed by atoms with Crippen molar-refractivity contribution in [1.29, 1.82) is 0 Å². The van der Waals surface area contributed by atoms with Gasteiger partial charge in [0.15, 0.2) is 0 Å². The summed E-state index contributed by atoms with van der Waals surface area (Å²) in [6.07, 6.45) is 0. The molecule has 1 heterocycles. The molecule has 1 aromatic heterocycles. The van der Waals surface area contributed by atoms with E-state index in [0.29, 0.717) is 12.0 Å². The Morgan fingerprint density at radius 3 is 2.29 bits per heavy atom. The molecule has 0 bridgehead atoms. The predicted molar refractivity (Wildman–Crippen MR) is 70.2 cm³/mol. The molecule has 0 aliphatic heterocycles. The average molecular weight is 237 g/mol. The Labute approximate surface area is 104 Å². The maximum absolute atomic E-state index is 4.37. The summed E-state index contributed by atoms with van der Waals surface area (Å²) < 4.78 is 0. The molecular formula is C12H23N5. The van der Waals surface area contributed by atoms with Crippen molar-refractivity contribution in [3.8, 4) is 0 Å². The summed E-state index contributed by atoms with van der Waals surface area (Å²) in [5.41, 5.74) is 1.81. The standard InChI is InChI=1S/C12H23N5/c1-6-17(7-2)8-9(3)13-12-14-10(4)11(5)15-16-12/h9H,6-8H2,1-5H3,(H,13,14,16). The third-order valence-corrected chi connectivity index (χ3v) is 2.89. The molecule has 96 valence electrons. The van der Waals surface area contributed by atoms with Gasteiger partial charge in [0.05, 0.1) is 11.4 Å². The van der Waals surface area contributed by atoms with Crippen LogP contribution in [0.3, 0.4) is 0 Å². The molecule has 5 nitrogen and oxygen atoms in total. The van der Waals surface area contributed by atoms with Gasteiger partial charge in [-0.25, -0.2) is 4.98 Å². The Morgan fingerprint density at radius 2 is 1.76 bits per heavy atom. The van der Waals surface area contributed by atoms with Gasteiger partial charge in [0.25, 0.3) is 0 Å². The van der Waals surface area contributed by atoms with E-state index in [2.05, 4.69) is 46.2 Å². The topological polar surface area (TPSA) is 53.9 Å². The molecule has 1 atom stereocenters. The summed E-state index contributed by atoms with van der Waals surface area (Å²) in [7, 11) is 0. The lowest BCUT2D eigenvalue weighted by atomic mass is 10.3. The fraction of sp³-hybridized carbons (Fsp3) is 0.750. The number of hydrogen-bond acceptors (Lipinski definition) is 5. The molecule has 0 spiro atoms. The van der Waals surface area contributed by atoms with Crippen molar-refractivity contribution in [3.63, 3.8) is 0 Å². The summed E-state index contributed by atoms with van der Waals surface area (Å²) in [4.78, 5) is 6.74. The van der Waals surface area contributed by atoms with Gasteiger partial charge in [-0.05, 0) is 33.9 Å². The molecule has 0 aliphatic carbocycles. The van der Waals surface area contributed by atoms with Crippen molar-refractivity contribution in [1.82, 2.24) is 20.1 Å². The number of rotatable bonds is 6. The van der Waals surface area contributed by atoms with Crippen molar-refractivity contribution < 1.29 is 0 Å². The van der Waals surface area contributed by atoms with E-state index in [1.54, 1.807) is 0 Å². The van der Waals surface area contributed by atoms with Gasteiger partial charge in [-0.2, -0.15) is 5.10 Å². The number of nitrogens with one attached hydrogen (secondary N) is 1. The number of likely N-dealkylation sites (N-methyl/N-ethyl adjacent to an activating group) is 1. The third-order valence-electron chi connectivity index (χ3n) is 2.89. The van der Waals surface area contributed by atoms with Crippen LogP contribution in [-0.2, 0) is 0 Å². The molecule has 1 unspecified atom stereocenters. The highest BCUT2D eigenvalue weighted by molar-refractivity contribution is 5.26. The van der Waals surface area contributed by atoms with Crippen LogP contribution in [-0.4, -0.2) is 45.8 Å². The van der Waals surface area contributed by atoms with Crippen LogP contribution in [0.1, 0.15) is 32.2 Å². The van der Waals surface area contributed by atoms with Crippen LogP contribution in [0.2, 0.25) is 0 Å². The summed E-state index contributed by atoms with van der Waals surface area (Å²) in [6, 6.07) is 0.318. The maximum atomic E-state index is 4.37. The lowest BCUT2D eigenvalue weighted by Gasteiger charge is -2.23. The van der Waals surface area contributed by atoms with Gasteiger partial charge in [-0.15, -0.1) is 5.10 Å². The number of aromatic nitrogens is 3. The number of hydrogen-bond donors (Lipinski definition) is 1. The minimum absolute atomic E-state index is 0.318. The van der Waals surface area contributed by atoms with Crippen LogP contribution in [0.25, 0.3) is 0 Å². The first-order chi connectivity index (χ1) is 8.06. The third kappa shape index (κ3) is 4.26. The van der Waals surface area contributed by atoms with Crippen molar-refractivity contribution in [3.05, 3.63) is 11.4 Å². The van der Waals surface area contributed by atoms with Crippen LogP contribution in [0.5, 0.6) is 0 Å². The zero-order valence-electron chi connectivity index (χ0n) is 11.5. The van der Waals surface area contributed by atoms with Crippen molar-refractivity contribution in [2.75, 3.05) is 25.0 Å². The quantitative estimate of drug-likeness (QED) is 0.815. The van der Waals surface area contributed by atoms with Gasteiger partial charge in [0, 0.05) is 12.6 Å². The summed E-state index contributed by atoms with van der Waals surface area (Å²) in [5.74, 6) is 0.618. The van der Waals surface area contributed by atoms with Crippen LogP contribution < -0.4 is 5.32 Å². The van der Waals surface area contributed by atoms with Gasteiger partial charge in [-0.3, -0.25) is 0 Å². The number of anilines is 1. The van der Waals surface area contributed by atoms with E-state index in [-0.39, 0.29) is 0 Å². The summed E-state index contributed by atoms with van der Waals surface area (Å²) >= 11 is 0.